The van der Waals surface area contributed by atoms with Crippen LogP contribution in [0, 0.1) is 11.7 Å². The monoisotopic (exact) mass is 547 g/mol. The SMILES string of the molecule is CN1CCC(COc2ccc3ncnc(Oc4cnc(CC(=O)Nc5cnn(C(C)(C)C)c5)c(F)c4)c3c2)CC1. The second kappa shape index (κ2) is 11.5. The van der Waals surface area contributed by atoms with Crippen LogP contribution in [0.2, 0.25) is 0 Å². The Kier molecular flexibility index (Phi) is 7.92. The van der Waals surface area contributed by atoms with Gasteiger partial charge in [-0.2, -0.15) is 5.10 Å². The summed E-state index contributed by atoms with van der Waals surface area (Å²) in [6.45, 7) is 8.81. The molecule has 10 nitrogen and oxygen atoms in total. The number of nitrogens with one attached hydrogen (secondary N) is 1. The van der Waals surface area contributed by atoms with Gasteiger partial charge < -0.3 is 19.7 Å². The fourth-order valence-corrected chi connectivity index (χ4v) is 4.48. The Labute approximate surface area is 232 Å². The summed E-state index contributed by atoms with van der Waals surface area (Å²) in [4.78, 5) is 27.5. The predicted molar refractivity (Wildman–Crippen MR) is 149 cm³/mol. The van der Waals surface area contributed by atoms with Gasteiger partial charge in [0.15, 0.2) is 5.75 Å². The fourth-order valence-electron chi connectivity index (χ4n) is 4.48. The van der Waals surface area contributed by atoms with Gasteiger partial charge in [0.2, 0.25) is 11.8 Å². The number of benzene rings is 1. The maximum absolute atomic E-state index is 14.9. The molecule has 1 aromatic carbocycles. The largest absolute Gasteiger partial charge is 0.493 e. The van der Waals surface area contributed by atoms with Crippen molar-refractivity contribution in [3.63, 3.8) is 0 Å². The van der Waals surface area contributed by atoms with E-state index in [2.05, 4.69) is 37.3 Å². The lowest BCUT2D eigenvalue weighted by Gasteiger charge is -2.28. The Morgan fingerprint density at radius 2 is 1.90 bits per heavy atom. The standard InChI is InChI=1S/C29H34FN7O3/c1-29(2,3)37-16-20(14-34-37)35-27(38)13-26-24(30)12-22(15-31-26)40-28-23-11-21(5-6-25(23)32-18-33-28)39-17-19-7-9-36(4)10-8-19/h5-6,11-12,14-16,18-19H,7-10,13,17H2,1-4H3,(H,35,38). The van der Waals surface area contributed by atoms with Crippen LogP contribution in [0.5, 0.6) is 17.4 Å². The van der Waals surface area contributed by atoms with Gasteiger partial charge >= 0.3 is 0 Å². The van der Waals surface area contributed by atoms with E-state index in [4.69, 9.17) is 9.47 Å². The van der Waals surface area contributed by atoms with E-state index in [1.165, 1.54) is 18.6 Å². The summed E-state index contributed by atoms with van der Waals surface area (Å²) in [6, 6.07) is 6.76. The van der Waals surface area contributed by atoms with Gasteiger partial charge in [0, 0.05) is 12.3 Å². The Morgan fingerprint density at radius 3 is 2.62 bits per heavy atom. The molecule has 1 saturated heterocycles. The molecular formula is C29H34FN7O3. The second-order valence-corrected chi connectivity index (χ2v) is 11.2. The van der Waals surface area contributed by atoms with Gasteiger partial charge in [-0.15, -0.1) is 0 Å². The third-order valence-corrected chi connectivity index (χ3v) is 6.88. The number of hydrogen-bond donors (Lipinski definition) is 1. The Balaban J connectivity index is 1.24. The predicted octanol–water partition coefficient (Wildman–Crippen LogP) is 4.81. The number of piperidine rings is 1. The molecule has 0 saturated carbocycles. The summed E-state index contributed by atoms with van der Waals surface area (Å²) in [5.74, 6) is 0.583. The van der Waals surface area contributed by atoms with Crippen molar-refractivity contribution >= 4 is 22.5 Å². The summed E-state index contributed by atoms with van der Waals surface area (Å²) in [5.41, 5.74) is 0.992. The van der Waals surface area contributed by atoms with Gasteiger partial charge in [0.1, 0.15) is 17.9 Å². The second-order valence-electron chi connectivity index (χ2n) is 11.2. The van der Waals surface area contributed by atoms with Crippen molar-refractivity contribution in [2.75, 3.05) is 32.1 Å². The van der Waals surface area contributed by atoms with E-state index in [1.807, 2.05) is 39.0 Å². The summed E-state index contributed by atoms with van der Waals surface area (Å²) in [6.07, 6.45) is 8.04. The number of anilines is 1. The number of ether oxygens (including phenoxy) is 2. The van der Waals surface area contributed by atoms with E-state index in [9.17, 15) is 9.18 Å². The first-order valence-electron chi connectivity index (χ1n) is 13.4. The maximum atomic E-state index is 14.9. The number of rotatable bonds is 8. The molecular weight excluding hydrogens is 513 g/mol. The van der Waals surface area contributed by atoms with E-state index in [0.717, 1.165) is 25.9 Å². The van der Waals surface area contributed by atoms with Crippen LogP contribution in [0.1, 0.15) is 39.3 Å². The summed E-state index contributed by atoms with van der Waals surface area (Å²) < 4.78 is 28.6. The highest BCUT2D eigenvalue weighted by molar-refractivity contribution is 5.91. The smallest absolute Gasteiger partial charge is 0.230 e. The van der Waals surface area contributed by atoms with Crippen molar-refractivity contribution in [3.05, 3.63) is 60.7 Å². The van der Waals surface area contributed by atoms with Crippen molar-refractivity contribution in [2.24, 2.45) is 5.92 Å². The number of carbonyl (C=O) groups excluding carboxylic acids is 1. The number of likely N-dealkylation sites (tertiary alicyclic amines) is 1. The van der Waals surface area contributed by atoms with Crippen LogP contribution in [0.4, 0.5) is 10.1 Å². The molecule has 3 aromatic heterocycles. The van der Waals surface area contributed by atoms with Crippen LogP contribution in [-0.4, -0.2) is 62.3 Å². The highest BCUT2D eigenvalue weighted by Gasteiger charge is 2.19. The molecule has 1 aliphatic heterocycles. The number of nitrogens with zero attached hydrogens (tertiary/aromatic N) is 6. The zero-order valence-corrected chi connectivity index (χ0v) is 23.2. The normalized spacial score (nSPS) is 14.8. The first-order chi connectivity index (χ1) is 19.1. The van der Waals surface area contributed by atoms with Crippen LogP contribution in [-0.2, 0) is 16.8 Å². The number of pyridine rings is 1. The Bertz CT molecular complexity index is 1490. The molecule has 40 heavy (non-hydrogen) atoms. The molecule has 0 radical (unpaired) electrons. The van der Waals surface area contributed by atoms with E-state index < -0.39 is 11.7 Å². The highest BCUT2D eigenvalue weighted by Crippen LogP contribution is 2.30. The molecule has 0 atom stereocenters. The van der Waals surface area contributed by atoms with E-state index in [0.29, 0.717) is 34.9 Å². The highest BCUT2D eigenvalue weighted by atomic mass is 19.1. The molecule has 4 heterocycles. The molecule has 0 unspecified atom stereocenters. The Morgan fingerprint density at radius 1 is 1.10 bits per heavy atom. The minimum atomic E-state index is -0.654. The van der Waals surface area contributed by atoms with Crippen molar-refractivity contribution < 1.29 is 18.7 Å². The quantitative estimate of drug-likeness (QED) is 0.335. The molecule has 1 fully saturated rings. The number of fused-ring (bicyclic) bond motifs is 1. The van der Waals surface area contributed by atoms with Gasteiger partial charge in [-0.1, -0.05) is 0 Å². The molecule has 5 rings (SSSR count). The van der Waals surface area contributed by atoms with Crippen LogP contribution in [0.25, 0.3) is 10.9 Å². The molecule has 1 amide bonds. The van der Waals surface area contributed by atoms with Crippen LogP contribution in [0.3, 0.4) is 0 Å². The van der Waals surface area contributed by atoms with Crippen molar-refractivity contribution in [1.82, 2.24) is 29.6 Å². The number of halogens is 1. The van der Waals surface area contributed by atoms with Crippen molar-refractivity contribution in [3.8, 4) is 17.4 Å². The minimum absolute atomic E-state index is 0.00482. The van der Waals surface area contributed by atoms with E-state index in [1.54, 1.807) is 17.1 Å². The molecule has 11 heteroatoms. The first kappa shape index (κ1) is 27.4. The molecule has 0 spiro atoms. The fraction of sp³-hybridized carbons (Fsp3) is 0.414. The lowest BCUT2D eigenvalue weighted by atomic mass is 9.98. The zero-order chi connectivity index (χ0) is 28.3. The molecule has 4 aromatic rings. The summed E-state index contributed by atoms with van der Waals surface area (Å²) in [5, 5.41) is 7.63. The number of carbonyl (C=O) groups is 1. The molecule has 1 N–H and O–H groups in total. The number of hydrogen-bond acceptors (Lipinski definition) is 8. The van der Waals surface area contributed by atoms with Crippen molar-refractivity contribution in [1.29, 1.82) is 0 Å². The topological polar surface area (TPSA) is 107 Å². The number of aromatic nitrogens is 5. The molecule has 1 aliphatic rings. The summed E-state index contributed by atoms with van der Waals surface area (Å²) >= 11 is 0. The van der Waals surface area contributed by atoms with Crippen LogP contribution >= 0.6 is 0 Å². The third kappa shape index (κ3) is 6.71. The molecule has 210 valence electrons. The van der Waals surface area contributed by atoms with Gasteiger partial charge in [-0.25, -0.2) is 14.4 Å². The zero-order valence-electron chi connectivity index (χ0n) is 23.2. The van der Waals surface area contributed by atoms with Crippen LogP contribution < -0.4 is 14.8 Å². The van der Waals surface area contributed by atoms with Gasteiger partial charge in [-0.05, 0) is 77.9 Å². The van der Waals surface area contributed by atoms with Crippen LogP contribution in [0.15, 0.2) is 49.2 Å². The first-order valence-corrected chi connectivity index (χ1v) is 13.4. The summed E-state index contributed by atoms with van der Waals surface area (Å²) in [7, 11) is 2.14. The average Bonchev–Trinajstić information content (AvgIpc) is 3.39. The Hall–Kier alpha value is -4.12. The molecule has 0 bridgehead atoms. The molecule has 0 aliphatic carbocycles. The van der Waals surface area contributed by atoms with Gasteiger partial charge in [0.05, 0.1) is 53.2 Å². The third-order valence-electron chi connectivity index (χ3n) is 6.88. The van der Waals surface area contributed by atoms with Crippen molar-refractivity contribution in [2.45, 2.75) is 45.6 Å². The lowest BCUT2D eigenvalue weighted by molar-refractivity contribution is -0.115. The van der Waals surface area contributed by atoms with E-state index in [-0.39, 0.29) is 29.3 Å². The average molecular weight is 548 g/mol. The minimum Gasteiger partial charge on any atom is -0.493 e. The number of amides is 1. The lowest BCUT2D eigenvalue weighted by Crippen LogP contribution is -2.32. The van der Waals surface area contributed by atoms with E-state index >= 15 is 0 Å². The maximum Gasteiger partial charge on any atom is 0.230 e. The van der Waals surface area contributed by atoms with Gasteiger partial charge in [-0.3, -0.25) is 14.5 Å². The van der Waals surface area contributed by atoms with Gasteiger partial charge in [0.25, 0.3) is 0 Å².